The summed E-state index contributed by atoms with van der Waals surface area (Å²) >= 11 is 0. The van der Waals surface area contributed by atoms with Crippen molar-refractivity contribution in [2.24, 2.45) is 0 Å². The molecule has 5 heteroatoms. The van der Waals surface area contributed by atoms with E-state index in [9.17, 15) is 4.79 Å². The predicted molar refractivity (Wildman–Crippen MR) is 85.3 cm³/mol. The zero-order valence-corrected chi connectivity index (χ0v) is 12.9. The second-order valence-corrected chi connectivity index (χ2v) is 5.57. The Morgan fingerprint density at radius 3 is 2.91 bits per heavy atom. The van der Waals surface area contributed by atoms with E-state index in [0.29, 0.717) is 6.61 Å². The van der Waals surface area contributed by atoms with Crippen molar-refractivity contribution in [2.45, 2.75) is 31.5 Å². The highest BCUT2D eigenvalue weighted by Gasteiger charge is 2.33. The quantitative estimate of drug-likeness (QED) is 0.862. The van der Waals surface area contributed by atoms with Gasteiger partial charge in [0.15, 0.2) is 0 Å². The number of carbonyl (C=O) groups is 1. The maximum Gasteiger partial charge on any atom is 0.273 e. The van der Waals surface area contributed by atoms with Gasteiger partial charge in [0.05, 0.1) is 0 Å². The fraction of sp³-hybridized carbons (Fsp3) is 0.333. The summed E-state index contributed by atoms with van der Waals surface area (Å²) in [6.07, 6.45) is 4.78. The van der Waals surface area contributed by atoms with Crippen LogP contribution in [-0.2, 0) is 21.0 Å². The molecular formula is C18H20N2O3. The number of ether oxygens (including phenoxy) is 1. The Labute approximate surface area is 135 Å². The van der Waals surface area contributed by atoms with Crippen molar-refractivity contribution in [3.63, 3.8) is 0 Å². The molecule has 0 radical (unpaired) electrons. The Balaban J connectivity index is 1.58. The second kappa shape index (κ2) is 7.85. The minimum Gasteiger partial charge on any atom is -0.368 e. The maximum atomic E-state index is 12.4. The molecule has 23 heavy (non-hydrogen) atoms. The Bertz CT molecular complexity index is 619. The Kier molecular flexibility index (Phi) is 5.34. The lowest BCUT2D eigenvalue weighted by Gasteiger charge is -2.30. The molecule has 1 fully saturated rings. The average molecular weight is 312 g/mol. The molecule has 0 saturated carbocycles. The molecule has 1 aliphatic heterocycles. The van der Waals surface area contributed by atoms with Crippen LogP contribution < -0.4 is 5.48 Å². The van der Waals surface area contributed by atoms with Crippen molar-refractivity contribution < 1.29 is 14.4 Å². The fourth-order valence-electron chi connectivity index (χ4n) is 2.81. The highest BCUT2D eigenvalue weighted by atomic mass is 16.7. The summed E-state index contributed by atoms with van der Waals surface area (Å²) in [6.45, 7) is 0.881. The van der Waals surface area contributed by atoms with E-state index in [2.05, 4.69) is 10.5 Å². The van der Waals surface area contributed by atoms with Crippen molar-refractivity contribution >= 4 is 5.91 Å². The van der Waals surface area contributed by atoms with Crippen LogP contribution in [0.4, 0.5) is 0 Å². The van der Waals surface area contributed by atoms with Gasteiger partial charge in [-0.15, -0.1) is 0 Å². The summed E-state index contributed by atoms with van der Waals surface area (Å²) < 4.78 is 5.71. The molecule has 1 N–H and O–H groups in total. The third-order valence-electron chi connectivity index (χ3n) is 3.94. The van der Waals surface area contributed by atoms with Crippen molar-refractivity contribution in [3.8, 4) is 0 Å². The number of rotatable bonds is 5. The molecule has 120 valence electrons. The number of nitrogens with one attached hydrogen (secondary N) is 1. The van der Waals surface area contributed by atoms with Crippen molar-refractivity contribution in [1.29, 1.82) is 0 Å². The number of hydrogen-bond acceptors (Lipinski definition) is 4. The van der Waals surface area contributed by atoms with Gasteiger partial charge in [0.25, 0.3) is 5.91 Å². The average Bonchev–Trinajstić information content (AvgIpc) is 2.63. The summed E-state index contributed by atoms with van der Waals surface area (Å²) in [5, 5.41) is 0. The Morgan fingerprint density at radius 2 is 2.13 bits per heavy atom. The lowest BCUT2D eigenvalue weighted by atomic mass is 9.87. The van der Waals surface area contributed by atoms with Crippen molar-refractivity contribution in [1.82, 2.24) is 10.5 Å². The summed E-state index contributed by atoms with van der Waals surface area (Å²) in [7, 11) is 0. The first-order valence-electron chi connectivity index (χ1n) is 7.81. The highest BCUT2D eigenvalue weighted by Crippen LogP contribution is 2.30. The van der Waals surface area contributed by atoms with Gasteiger partial charge in [-0.05, 0) is 30.0 Å². The summed E-state index contributed by atoms with van der Waals surface area (Å²) in [5.41, 5.74) is 4.53. The van der Waals surface area contributed by atoms with E-state index < -0.39 is 6.10 Å². The molecule has 2 atom stereocenters. The topological polar surface area (TPSA) is 60.5 Å². The molecular weight excluding hydrogens is 292 g/mol. The maximum absolute atomic E-state index is 12.4. The lowest BCUT2D eigenvalue weighted by Crippen LogP contribution is -2.42. The molecule has 1 amide bonds. The van der Waals surface area contributed by atoms with Gasteiger partial charge in [-0.1, -0.05) is 36.4 Å². The minimum absolute atomic E-state index is 0.0620. The van der Waals surface area contributed by atoms with Crippen LogP contribution in [0.2, 0.25) is 0 Å². The van der Waals surface area contributed by atoms with Crippen LogP contribution in [0.5, 0.6) is 0 Å². The van der Waals surface area contributed by atoms with Gasteiger partial charge in [-0.3, -0.25) is 14.6 Å². The zero-order chi connectivity index (χ0) is 15.9. The van der Waals surface area contributed by atoms with Gasteiger partial charge in [0.2, 0.25) is 0 Å². The Morgan fingerprint density at radius 1 is 1.26 bits per heavy atom. The number of pyridine rings is 1. The van der Waals surface area contributed by atoms with Crippen LogP contribution in [-0.4, -0.2) is 23.6 Å². The molecule has 5 nitrogen and oxygen atoms in total. The van der Waals surface area contributed by atoms with Gasteiger partial charge in [-0.2, -0.15) is 0 Å². The van der Waals surface area contributed by atoms with Crippen LogP contribution in [0.15, 0.2) is 54.9 Å². The fourth-order valence-corrected chi connectivity index (χ4v) is 2.81. The molecule has 0 bridgehead atoms. The van der Waals surface area contributed by atoms with Crippen LogP contribution >= 0.6 is 0 Å². The number of nitrogens with zero attached hydrogens (tertiary/aromatic N) is 1. The molecule has 2 aromatic rings. The second-order valence-electron chi connectivity index (χ2n) is 5.57. The summed E-state index contributed by atoms with van der Waals surface area (Å²) in [4.78, 5) is 21.7. The molecule has 3 rings (SSSR count). The van der Waals surface area contributed by atoms with Crippen LogP contribution in [0.25, 0.3) is 0 Å². The van der Waals surface area contributed by atoms with Crippen molar-refractivity contribution in [3.05, 3.63) is 66.0 Å². The molecule has 0 aliphatic carbocycles. The van der Waals surface area contributed by atoms with E-state index in [-0.39, 0.29) is 18.4 Å². The number of amides is 1. The molecule has 2 heterocycles. The van der Waals surface area contributed by atoms with Crippen LogP contribution in [0.3, 0.4) is 0 Å². The van der Waals surface area contributed by atoms with Gasteiger partial charge in [-0.25, -0.2) is 5.48 Å². The van der Waals surface area contributed by atoms with E-state index >= 15 is 0 Å². The standard InChI is InChI=1S/C18H20N2O3/c21-18(20-23-13-14-6-4-10-19-12-14)17-16(9-5-11-22-17)15-7-2-1-3-8-15/h1-4,6-8,10,12,16-17H,5,9,11,13H2,(H,20,21)/t16-,17-/m1/s1. The molecule has 0 unspecified atom stereocenters. The molecule has 1 aromatic carbocycles. The number of hydroxylamine groups is 1. The monoisotopic (exact) mass is 312 g/mol. The first-order valence-corrected chi connectivity index (χ1v) is 7.81. The molecule has 1 aromatic heterocycles. The number of benzene rings is 1. The number of carbonyl (C=O) groups excluding carboxylic acids is 1. The van der Waals surface area contributed by atoms with E-state index in [1.807, 2.05) is 42.5 Å². The van der Waals surface area contributed by atoms with E-state index in [1.54, 1.807) is 12.4 Å². The van der Waals surface area contributed by atoms with E-state index in [0.717, 1.165) is 24.0 Å². The molecule has 1 saturated heterocycles. The first kappa shape index (κ1) is 15.6. The van der Waals surface area contributed by atoms with Crippen LogP contribution in [0, 0.1) is 0 Å². The summed E-state index contributed by atoms with van der Waals surface area (Å²) in [5.74, 6) is -0.172. The zero-order valence-electron chi connectivity index (χ0n) is 12.9. The largest absolute Gasteiger partial charge is 0.368 e. The smallest absolute Gasteiger partial charge is 0.273 e. The first-order chi connectivity index (χ1) is 11.3. The number of aromatic nitrogens is 1. The van der Waals surface area contributed by atoms with E-state index in [4.69, 9.17) is 9.57 Å². The van der Waals surface area contributed by atoms with Gasteiger partial charge < -0.3 is 4.74 Å². The van der Waals surface area contributed by atoms with Gasteiger partial charge in [0.1, 0.15) is 12.7 Å². The third-order valence-corrected chi connectivity index (χ3v) is 3.94. The lowest BCUT2D eigenvalue weighted by molar-refractivity contribution is -0.151. The normalized spacial score (nSPS) is 20.9. The van der Waals surface area contributed by atoms with Gasteiger partial charge >= 0.3 is 0 Å². The number of hydrogen-bond donors (Lipinski definition) is 1. The Hall–Kier alpha value is -2.24. The third kappa shape index (κ3) is 4.15. The highest BCUT2D eigenvalue weighted by molar-refractivity contribution is 5.81. The predicted octanol–water partition coefficient (Wildman–Crippen LogP) is 2.59. The van der Waals surface area contributed by atoms with Crippen LogP contribution in [0.1, 0.15) is 29.9 Å². The summed E-state index contributed by atoms with van der Waals surface area (Å²) in [6, 6.07) is 13.7. The van der Waals surface area contributed by atoms with Gasteiger partial charge in [0, 0.05) is 24.9 Å². The SMILES string of the molecule is O=C(NOCc1cccnc1)[C@@H]1OCCC[C@@H]1c1ccccc1. The minimum atomic E-state index is -0.514. The van der Waals surface area contributed by atoms with E-state index in [1.165, 1.54) is 0 Å². The van der Waals surface area contributed by atoms with Crippen molar-refractivity contribution in [2.75, 3.05) is 6.61 Å². The molecule has 0 spiro atoms. The molecule has 1 aliphatic rings.